The van der Waals surface area contributed by atoms with Crippen molar-refractivity contribution in [1.29, 1.82) is 0 Å². The van der Waals surface area contributed by atoms with Crippen LogP contribution in [0.3, 0.4) is 0 Å². The Balaban J connectivity index is 2.05. The van der Waals surface area contributed by atoms with Crippen LogP contribution in [-0.4, -0.2) is 44.3 Å². The molecular formula is C30H34Cl3N3O4S. The highest BCUT2D eigenvalue weighted by atomic mass is 35.5. The van der Waals surface area contributed by atoms with Crippen molar-refractivity contribution >= 4 is 62.3 Å². The van der Waals surface area contributed by atoms with Gasteiger partial charge in [-0.25, -0.2) is 8.42 Å². The average molecular weight is 639 g/mol. The van der Waals surface area contributed by atoms with Gasteiger partial charge in [0.25, 0.3) is 10.0 Å². The number of nitrogens with one attached hydrogen (secondary N) is 1. The van der Waals surface area contributed by atoms with Crippen molar-refractivity contribution in [2.75, 3.05) is 17.4 Å². The third-order valence-electron chi connectivity index (χ3n) is 6.52. The minimum absolute atomic E-state index is 0.000932. The van der Waals surface area contributed by atoms with E-state index in [2.05, 4.69) is 5.32 Å². The van der Waals surface area contributed by atoms with Crippen LogP contribution in [0, 0.1) is 19.8 Å². The number of aryl methyl sites for hydroxylation is 2. The third kappa shape index (κ3) is 8.38. The molecule has 0 saturated heterocycles. The molecule has 0 fully saturated rings. The van der Waals surface area contributed by atoms with Crippen molar-refractivity contribution in [1.82, 2.24) is 10.2 Å². The first-order valence-corrected chi connectivity index (χ1v) is 15.6. The SMILES string of the molecule is Cc1ccc(S(=O)(=O)N(CC(=O)N(Cc2ccc(Cl)c(Cl)c2)[C@@H](C)C(=O)NCC(C)C)c2ccc(C)c(Cl)c2)cc1. The molecule has 0 saturated carbocycles. The zero-order valence-electron chi connectivity index (χ0n) is 23.6. The summed E-state index contributed by atoms with van der Waals surface area (Å²) >= 11 is 18.7. The summed E-state index contributed by atoms with van der Waals surface area (Å²) in [4.78, 5) is 28.4. The normalized spacial score (nSPS) is 12.2. The molecular weight excluding hydrogens is 605 g/mol. The second-order valence-corrected chi connectivity index (χ2v) is 13.4. The fourth-order valence-corrected chi connectivity index (χ4v) is 5.87. The van der Waals surface area contributed by atoms with Gasteiger partial charge in [0.1, 0.15) is 12.6 Å². The van der Waals surface area contributed by atoms with Crippen LogP contribution < -0.4 is 9.62 Å². The van der Waals surface area contributed by atoms with Crippen LogP contribution in [0.2, 0.25) is 15.1 Å². The number of hydrogen-bond donors (Lipinski definition) is 1. The number of nitrogens with zero attached hydrogens (tertiary/aromatic N) is 2. The van der Waals surface area contributed by atoms with Crippen molar-refractivity contribution in [3.05, 3.63) is 92.4 Å². The van der Waals surface area contributed by atoms with Crippen LogP contribution in [0.25, 0.3) is 0 Å². The first-order valence-electron chi connectivity index (χ1n) is 13.1. The summed E-state index contributed by atoms with van der Waals surface area (Å²) in [7, 11) is -4.19. The maximum absolute atomic E-state index is 14.0. The largest absolute Gasteiger partial charge is 0.354 e. The lowest BCUT2D eigenvalue weighted by Crippen LogP contribution is -2.51. The van der Waals surface area contributed by atoms with E-state index in [9.17, 15) is 18.0 Å². The fraction of sp³-hybridized carbons (Fsp3) is 0.333. The molecule has 11 heteroatoms. The summed E-state index contributed by atoms with van der Waals surface area (Å²) in [5.74, 6) is -0.749. The standard InChI is InChI=1S/C30H34Cl3N3O4S/c1-19(2)16-34-30(38)22(5)35(17-23-9-13-26(31)28(33)14-23)29(37)18-36(24-10-8-21(4)27(32)15-24)41(39,40)25-11-6-20(3)7-12-25/h6-15,19,22H,16-18H2,1-5H3,(H,34,38)/t22-/m0/s1. The van der Waals surface area contributed by atoms with Gasteiger partial charge in [0.05, 0.1) is 20.6 Å². The molecule has 220 valence electrons. The van der Waals surface area contributed by atoms with Gasteiger partial charge in [-0.1, -0.05) is 78.5 Å². The smallest absolute Gasteiger partial charge is 0.264 e. The molecule has 3 rings (SSSR count). The molecule has 0 bridgehead atoms. The number of benzene rings is 3. The van der Waals surface area contributed by atoms with Crippen LogP contribution in [0.4, 0.5) is 5.69 Å². The molecule has 41 heavy (non-hydrogen) atoms. The molecule has 3 aromatic carbocycles. The quantitative estimate of drug-likeness (QED) is 0.255. The van der Waals surface area contributed by atoms with Crippen LogP contribution in [-0.2, 0) is 26.2 Å². The first-order chi connectivity index (χ1) is 19.2. The molecule has 0 aromatic heterocycles. The monoisotopic (exact) mass is 637 g/mol. The summed E-state index contributed by atoms with van der Waals surface area (Å²) in [6.45, 7) is 9.03. The molecule has 7 nitrogen and oxygen atoms in total. The number of anilines is 1. The molecule has 0 aliphatic heterocycles. The van der Waals surface area contributed by atoms with Gasteiger partial charge in [-0.05, 0) is 74.2 Å². The predicted octanol–water partition coefficient (Wildman–Crippen LogP) is 6.65. The van der Waals surface area contributed by atoms with E-state index in [1.54, 1.807) is 56.3 Å². The summed E-state index contributed by atoms with van der Waals surface area (Å²) < 4.78 is 28.9. The van der Waals surface area contributed by atoms with Crippen molar-refractivity contribution in [3.63, 3.8) is 0 Å². The Morgan fingerprint density at radius 3 is 2.10 bits per heavy atom. The Morgan fingerprint density at radius 2 is 1.51 bits per heavy atom. The third-order valence-corrected chi connectivity index (χ3v) is 9.45. The van der Waals surface area contributed by atoms with E-state index in [4.69, 9.17) is 34.8 Å². The van der Waals surface area contributed by atoms with Gasteiger partial charge in [0, 0.05) is 18.1 Å². The van der Waals surface area contributed by atoms with Gasteiger partial charge in [0.15, 0.2) is 0 Å². The fourth-order valence-electron chi connectivity index (χ4n) is 3.97. The van der Waals surface area contributed by atoms with Crippen LogP contribution in [0.15, 0.2) is 65.6 Å². The van der Waals surface area contributed by atoms with Crippen molar-refractivity contribution in [2.45, 2.75) is 52.1 Å². The Kier molecular flexibility index (Phi) is 11.1. The molecule has 0 heterocycles. The first kappa shape index (κ1) is 32.7. The van der Waals surface area contributed by atoms with E-state index in [1.165, 1.54) is 23.1 Å². The van der Waals surface area contributed by atoms with E-state index in [-0.39, 0.29) is 29.0 Å². The molecule has 1 atom stereocenters. The molecule has 1 N–H and O–H groups in total. The van der Waals surface area contributed by atoms with Gasteiger partial charge >= 0.3 is 0 Å². The van der Waals surface area contributed by atoms with Gasteiger partial charge in [-0.15, -0.1) is 0 Å². The second-order valence-electron chi connectivity index (χ2n) is 10.3. The zero-order valence-corrected chi connectivity index (χ0v) is 26.7. The summed E-state index contributed by atoms with van der Waals surface area (Å²) in [6.07, 6.45) is 0. The maximum Gasteiger partial charge on any atom is 0.264 e. The molecule has 3 aromatic rings. The van der Waals surface area contributed by atoms with Crippen molar-refractivity contribution in [2.24, 2.45) is 5.92 Å². The molecule has 2 amide bonds. The number of carbonyl (C=O) groups is 2. The average Bonchev–Trinajstić information content (AvgIpc) is 2.92. The van der Waals surface area contributed by atoms with Gasteiger partial charge in [-0.2, -0.15) is 0 Å². The Hall–Kier alpha value is -2.78. The van der Waals surface area contributed by atoms with Gasteiger partial charge < -0.3 is 10.2 Å². The van der Waals surface area contributed by atoms with E-state index in [1.807, 2.05) is 20.8 Å². The number of sulfonamides is 1. The van der Waals surface area contributed by atoms with Crippen molar-refractivity contribution < 1.29 is 18.0 Å². The Bertz CT molecular complexity index is 1510. The number of rotatable bonds is 11. The zero-order chi connectivity index (χ0) is 30.5. The number of hydrogen-bond acceptors (Lipinski definition) is 4. The lowest BCUT2D eigenvalue weighted by Gasteiger charge is -2.32. The minimum atomic E-state index is -4.19. The lowest BCUT2D eigenvalue weighted by atomic mass is 10.1. The number of amides is 2. The minimum Gasteiger partial charge on any atom is -0.354 e. The lowest BCUT2D eigenvalue weighted by molar-refractivity contribution is -0.139. The highest BCUT2D eigenvalue weighted by Gasteiger charge is 2.33. The van der Waals surface area contributed by atoms with E-state index in [0.29, 0.717) is 27.2 Å². The number of carbonyl (C=O) groups excluding carboxylic acids is 2. The maximum atomic E-state index is 14.0. The second kappa shape index (κ2) is 13.9. The number of halogens is 3. The Morgan fingerprint density at radius 1 is 0.854 bits per heavy atom. The summed E-state index contributed by atoms with van der Waals surface area (Å²) in [6, 6.07) is 15.2. The van der Waals surface area contributed by atoms with Crippen LogP contribution in [0.5, 0.6) is 0 Å². The molecule has 0 radical (unpaired) electrons. The summed E-state index contributed by atoms with van der Waals surface area (Å²) in [5.41, 5.74) is 2.49. The highest BCUT2D eigenvalue weighted by Crippen LogP contribution is 2.29. The van der Waals surface area contributed by atoms with Gasteiger partial charge in [0.2, 0.25) is 11.8 Å². The van der Waals surface area contributed by atoms with Crippen LogP contribution >= 0.6 is 34.8 Å². The Labute approximate surface area is 257 Å². The molecule has 0 spiro atoms. The van der Waals surface area contributed by atoms with Gasteiger partial charge in [-0.3, -0.25) is 13.9 Å². The molecule has 0 unspecified atom stereocenters. The van der Waals surface area contributed by atoms with E-state index in [0.717, 1.165) is 15.4 Å². The highest BCUT2D eigenvalue weighted by molar-refractivity contribution is 7.92. The topological polar surface area (TPSA) is 86.8 Å². The van der Waals surface area contributed by atoms with Crippen LogP contribution in [0.1, 0.15) is 37.5 Å². The van der Waals surface area contributed by atoms with E-state index >= 15 is 0 Å². The molecule has 0 aliphatic rings. The van der Waals surface area contributed by atoms with E-state index < -0.39 is 28.5 Å². The summed E-state index contributed by atoms with van der Waals surface area (Å²) in [5, 5.41) is 3.86. The predicted molar refractivity (Wildman–Crippen MR) is 166 cm³/mol. The molecule has 0 aliphatic carbocycles. The van der Waals surface area contributed by atoms with Crippen molar-refractivity contribution in [3.8, 4) is 0 Å².